The molecule has 0 saturated carbocycles. The molecule has 9 nitrogen and oxygen atoms in total. The minimum atomic E-state index is -5.46. The summed E-state index contributed by atoms with van der Waals surface area (Å²) in [6.45, 7) is 2.96. The highest BCUT2D eigenvalue weighted by Gasteiger charge is 2.59. The van der Waals surface area contributed by atoms with Crippen LogP contribution < -0.4 is 0 Å². The third kappa shape index (κ3) is 3.81. The molecular formula is C10H20N2O7P2. The number of hydrogen-bond acceptors (Lipinski definition) is 4. The summed E-state index contributed by atoms with van der Waals surface area (Å²) in [5.41, 5.74) is 0.638. The third-order valence-corrected chi connectivity index (χ3v) is 7.10. The van der Waals surface area contributed by atoms with Crippen LogP contribution in [0.25, 0.3) is 0 Å². The summed E-state index contributed by atoms with van der Waals surface area (Å²) in [4.78, 5) is 40.4. The summed E-state index contributed by atoms with van der Waals surface area (Å²) >= 11 is 0. The first-order valence-electron chi connectivity index (χ1n) is 6.31. The van der Waals surface area contributed by atoms with Crippen LogP contribution in [0.15, 0.2) is 12.5 Å². The molecule has 11 heteroatoms. The van der Waals surface area contributed by atoms with Gasteiger partial charge in [0, 0.05) is 12.1 Å². The van der Waals surface area contributed by atoms with Crippen molar-refractivity contribution in [1.29, 1.82) is 0 Å². The molecule has 122 valence electrons. The van der Waals surface area contributed by atoms with Gasteiger partial charge in [0.2, 0.25) is 0 Å². The highest BCUT2D eigenvalue weighted by Crippen LogP contribution is 2.68. The smallest absolute Gasteiger partial charge is 0.366 e. The van der Waals surface area contributed by atoms with Crippen molar-refractivity contribution in [3.05, 3.63) is 18.2 Å². The quantitative estimate of drug-likeness (QED) is 0.456. The van der Waals surface area contributed by atoms with Crippen molar-refractivity contribution in [3.8, 4) is 0 Å². The molecule has 0 aliphatic carbocycles. The second-order valence-electron chi connectivity index (χ2n) is 4.85. The molecule has 0 radical (unpaired) electrons. The molecule has 0 aliphatic heterocycles. The summed E-state index contributed by atoms with van der Waals surface area (Å²) in [6.07, 6.45) is 4.21. The van der Waals surface area contributed by atoms with Crippen LogP contribution in [-0.4, -0.2) is 39.3 Å². The van der Waals surface area contributed by atoms with E-state index in [0.717, 1.165) is 17.4 Å². The van der Waals surface area contributed by atoms with Crippen molar-refractivity contribution in [3.63, 3.8) is 0 Å². The van der Waals surface area contributed by atoms with E-state index < -0.39 is 26.8 Å². The average molecular weight is 342 g/mol. The van der Waals surface area contributed by atoms with Gasteiger partial charge in [-0.1, -0.05) is 13.8 Å². The third-order valence-electron chi connectivity index (χ3n) is 3.38. The van der Waals surface area contributed by atoms with Gasteiger partial charge in [-0.2, -0.15) is 0 Å². The lowest BCUT2D eigenvalue weighted by Gasteiger charge is -2.29. The normalized spacial score (nSPS) is 13.9. The minimum Gasteiger partial charge on any atom is -0.366 e. The highest BCUT2D eigenvalue weighted by molar-refractivity contribution is 7.72. The van der Waals surface area contributed by atoms with Crippen LogP contribution in [0.3, 0.4) is 0 Å². The zero-order chi connectivity index (χ0) is 16.5. The molecule has 1 aromatic rings. The predicted molar refractivity (Wildman–Crippen MR) is 74.6 cm³/mol. The van der Waals surface area contributed by atoms with E-state index in [1.54, 1.807) is 0 Å². The van der Waals surface area contributed by atoms with Gasteiger partial charge >= 0.3 is 15.2 Å². The van der Waals surface area contributed by atoms with Gasteiger partial charge in [-0.15, -0.1) is 0 Å². The Hall–Kier alpha value is -0.530. The van der Waals surface area contributed by atoms with Crippen LogP contribution in [-0.2, 0) is 15.7 Å². The first-order valence-corrected chi connectivity index (χ1v) is 9.54. The molecule has 0 spiro atoms. The van der Waals surface area contributed by atoms with Crippen LogP contribution >= 0.6 is 15.2 Å². The van der Waals surface area contributed by atoms with E-state index >= 15 is 0 Å². The number of aliphatic hydroxyl groups is 1. The summed E-state index contributed by atoms with van der Waals surface area (Å²) < 4.78 is 23.6. The van der Waals surface area contributed by atoms with Crippen LogP contribution in [0, 0.1) is 0 Å². The lowest BCUT2D eigenvalue weighted by molar-refractivity contribution is 0.115. The van der Waals surface area contributed by atoms with Crippen molar-refractivity contribution in [2.45, 2.75) is 44.2 Å². The molecule has 5 N–H and O–H groups in total. The van der Waals surface area contributed by atoms with Crippen molar-refractivity contribution in [2.24, 2.45) is 0 Å². The SMILES string of the molecule is CCC(CC)c1cn(CC(O)(P(=O)(O)O)P(=O)(O)O)cn1. The van der Waals surface area contributed by atoms with Gasteiger partial charge in [0.25, 0.3) is 5.08 Å². The number of aromatic nitrogens is 2. The van der Waals surface area contributed by atoms with E-state index in [2.05, 4.69) is 4.98 Å². The van der Waals surface area contributed by atoms with E-state index in [1.807, 2.05) is 13.8 Å². The fourth-order valence-electron chi connectivity index (χ4n) is 1.98. The van der Waals surface area contributed by atoms with Gasteiger partial charge in [0.1, 0.15) is 0 Å². The monoisotopic (exact) mass is 342 g/mol. The lowest BCUT2D eigenvalue weighted by Crippen LogP contribution is -2.33. The molecule has 1 rings (SSSR count). The first-order chi connectivity index (χ1) is 9.46. The fourth-order valence-corrected chi connectivity index (χ4v) is 4.03. The summed E-state index contributed by atoms with van der Waals surface area (Å²) in [5, 5.41) is 6.36. The summed E-state index contributed by atoms with van der Waals surface area (Å²) in [7, 11) is -10.9. The maximum Gasteiger partial charge on any atom is 0.371 e. The fraction of sp³-hybridized carbons (Fsp3) is 0.700. The molecule has 0 saturated heterocycles. The summed E-state index contributed by atoms with van der Waals surface area (Å²) in [6, 6.07) is 0. The Balaban J connectivity index is 3.13. The molecular weight excluding hydrogens is 322 g/mol. The highest BCUT2D eigenvalue weighted by atomic mass is 31.2. The van der Waals surface area contributed by atoms with Gasteiger partial charge in [-0.25, -0.2) is 4.98 Å². The Kier molecular flexibility index (Phi) is 5.56. The number of rotatable bonds is 7. The second-order valence-corrected chi connectivity index (χ2v) is 8.86. The Labute approximate surface area is 122 Å². The van der Waals surface area contributed by atoms with E-state index in [1.165, 1.54) is 12.5 Å². The Morgan fingerprint density at radius 1 is 1.19 bits per heavy atom. The van der Waals surface area contributed by atoms with Crippen molar-refractivity contribution < 1.29 is 33.8 Å². The topological polar surface area (TPSA) is 153 Å². The molecule has 0 unspecified atom stereocenters. The standard InChI is InChI=1S/C10H20N2O7P2/c1-3-8(4-2)9-5-12(7-11-9)6-10(13,20(14,15)16)21(17,18)19/h5,7-8,13H,3-4,6H2,1-2H3,(H2,14,15,16)(H2,17,18,19). The average Bonchev–Trinajstić information content (AvgIpc) is 2.76. The number of hydrogen-bond donors (Lipinski definition) is 5. The van der Waals surface area contributed by atoms with Gasteiger partial charge in [0.05, 0.1) is 18.6 Å². The molecule has 1 aromatic heterocycles. The zero-order valence-corrected chi connectivity index (χ0v) is 13.5. The molecule has 21 heavy (non-hydrogen) atoms. The van der Waals surface area contributed by atoms with Gasteiger partial charge in [-0.05, 0) is 12.8 Å². The van der Waals surface area contributed by atoms with Gasteiger partial charge < -0.3 is 29.2 Å². The number of imidazole rings is 1. The van der Waals surface area contributed by atoms with Crippen molar-refractivity contribution in [1.82, 2.24) is 9.55 Å². The minimum absolute atomic E-state index is 0.129. The Bertz CT molecular complexity index is 550. The van der Waals surface area contributed by atoms with Gasteiger partial charge in [-0.3, -0.25) is 9.13 Å². The van der Waals surface area contributed by atoms with Crippen LogP contribution in [0.1, 0.15) is 38.3 Å². The molecule has 0 aromatic carbocycles. The van der Waals surface area contributed by atoms with Gasteiger partial charge in [0.15, 0.2) is 0 Å². The van der Waals surface area contributed by atoms with Crippen LogP contribution in [0.4, 0.5) is 0 Å². The summed E-state index contributed by atoms with van der Waals surface area (Å²) in [5.74, 6) is 0.129. The number of nitrogens with zero attached hydrogens (tertiary/aromatic N) is 2. The van der Waals surface area contributed by atoms with E-state index in [9.17, 15) is 14.2 Å². The van der Waals surface area contributed by atoms with Crippen LogP contribution in [0.5, 0.6) is 0 Å². The zero-order valence-electron chi connectivity index (χ0n) is 11.7. The first kappa shape index (κ1) is 18.5. The molecule has 0 amide bonds. The molecule has 0 atom stereocenters. The maximum absolute atomic E-state index is 11.3. The molecule has 0 fully saturated rings. The predicted octanol–water partition coefficient (Wildman–Crippen LogP) is 0.788. The van der Waals surface area contributed by atoms with Crippen molar-refractivity contribution in [2.75, 3.05) is 0 Å². The maximum atomic E-state index is 11.3. The second kappa shape index (κ2) is 6.30. The van der Waals surface area contributed by atoms with E-state index in [4.69, 9.17) is 19.6 Å². The Morgan fingerprint density at radius 2 is 1.67 bits per heavy atom. The lowest BCUT2D eigenvalue weighted by atomic mass is 10.0. The molecule has 1 heterocycles. The van der Waals surface area contributed by atoms with E-state index in [0.29, 0.717) is 5.69 Å². The molecule has 0 aliphatic rings. The largest absolute Gasteiger partial charge is 0.371 e. The Morgan fingerprint density at radius 3 is 2.05 bits per heavy atom. The van der Waals surface area contributed by atoms with E-state index in [-0.39, 0.29) is 5.92 Å². The van der Waals surface area contributed by atoms with Crippen molar-refractivity contribution >= 4 is 15.2 Å². The van der Waals surface area contributed by atoms with Crippen LogP contribution in [0.2, 0.25) is 0 Å². The molecule has 0 bridgehead atoms.